The molecule has 16 heavy (non-hydrogen) atoms. The van der Waals surface area contributed by atoms with Gasteiger partial charge in [-0.1, -0.05) is 5.57 Å². The van der Waals surface area contributed by atoms with Crippen molar-refractivity contribution < 1.29 is 4.42 Å². The van der Waals surface area contributed by atoms with Gasteiger partial charge in [0.05, 0.1) is 0 Å². The largest absolute Gasteiger partial charge is 0.457 e. The van der Waals surface area contributed by atoms with Gasteiger partial charge in [-0.05, 0) is 37.3 Å². The van der Waals surface area contributed by atoms with Crippen molar-refractivity contribution in [1.82, 2.24) is 4.98 Å². The monoisotopic (exact) mass is 233 g/mol. The van der Waals surface area contributed by atoms with Crippen molar-refractivity contribution >= 4 is 17.7 Å². The molecular weight excluding hydrogens is 222 g/mol. The summed E-state index contributed by atoms with van der Waals surface area (Å²) in [5.41, 5.74) is 2.06. The molecule has 2 aromatic heterocycles. The molecular formula is C13H12ClNO. The molecule has 0 unspecified atom stereocenters. The maximum Gasteiger partial charge on any atom is 0.136 e. The quantitative estimate of drug-likeness (QED) is 0.750. The average molecular weight is 234 g/mol. The van der Waals surface area contributed by atoms with Crippen molar-refractivity contribution in [2.45, 2.75) is 6.92 Å². The molecule has 0 fully saturated rings. The molecule has 2 rings (SSSR count). The van der Waals surface area contributed by atoms with Crippen molar-refractivity contribution in [2.24, 2.45) is 0 Å². The molecule has 0 aliphatic heterocycles. The topological polar surface area (TPSA) is 26.0 Å². The molecule has 2 aromatic rings. The normalized spacial score (nSPS) is 11.8. The summed E-state index contributed by atoms with van der Waals surface area (Å²) < 4.78 is 5.67. The molecule has 0 saturated heterocycles. The summed E-state index contributed by atoms with van der Waals surface area (Å²) in [6, 6.07) is 7.72. The maximum absolute atomic E-state index is 5.71. The highest BCUT2D eigenvalue weighted by molar-refractivity contribution is 6.19. The fourth-order valence-corrected chi connectivity index (χ4v) is 1.45. The third kappa shape index (κ3) is 2.52. The Balaban J connectivity index is 2.27. The predicted molar refractivity (Wildman–Crippen MR) is 66.3 cm³/mol. The van der Waals surface area contributed by atoms with Crippen LogP contribution < -0.4 is 0 Å². The van der Waals surface area contributed by atoms with Crippen molar-refractivity contribution in [3.8, 4) is 11.3 Å². The van der Waals surface area contributed by atoms with Crippen LogP contribution in [0.5, 0.6) is 0 Å². The van der Waals surface area contributed by atoms with E-state index in [2.05, 4.69) is 4.98 Å². The van der Waals surface area contributed by atoms with Crippen LogP contribution >= 0.6 is 11.6 Å². The SMILES string of the molecule is CC(=Cc1ccc(-c2cccnc2)o1)CCl. The molecule has 0 amide bonds. The first kappa shape index (κ1) is 11.0. The molecule has 0 bridgehead atoms. The van der Waals surface area contributed by atoms with Crippen LogP contribution in [-0.4, -0.2) is 10.9 Å². The fraction of sp³-hybridized carbons (Fsp3) is 0.154. The van der Waals surface area contributed by atoms with E-state index in [1.165, 1.54) is 0 Å². The molecule has 0 aliphatic rings. The number of pyridine rings is 1. The van der Waals surface area contributed by atoms with E-state index in [0.29, 0.717) is 5.88 Å². The van der Waals surface area contributed by atoms with Crippen LogP contribution in [0.15, 0.2) is 46.6 Å². The minimum atomic E-state index is 0.517. The summed E-state index contributed by atoms with van der Waals surface area (Å²) in [5.74, 6) is 2.15. The Labute approximate surface area is 99.6 Å². The number of hydrogen-bond acceptors (Lipinski definition) is 2. The Morgan fingerprint density at radius 1 is 1.44 bits per heavy atom. The second-order valence-electron chi connectivity index (χ2n) is 3.57. The van der Waals surface area contributed by atoms with Crippen LogP contribution in [0.2, 0.25) is 0 Å². The van der Waals surface area contributed by atoms with Crippen LogP contribution in [0.25, 0.3) is 17.4 Å². The Kier molecular flexibility index (Phi) is 3.42. The smallest absolute Gasteiger partial charge is 0.136 e. The van der Waals surface area contributed by atoms with Crippen LogP contribution in [-0.2, 0) is 0 Å². The molecule has 0 radical (unpaired) electrons. The van der Waals surface area contributed by atoms with Gasteiger partial charge in [0.15, 0.2) is 0 Å². The van der Waals surface area contributed by atoms with E-state index in [0.717, 1.165) is 22.7 Å². The van der Waals surface area contributed by atoms with E-state index in [4.69, 9.17) is 16.0 Å². The van der Waals surface area contributed by atoms with Crippen molar-refractivity contribution in [3.63, 3.8) is 0 Å². The lowest BCUT2D eigenvalue weighted by Gasteiger charge is -1.95. The highest BCUT2D eigenvalue weighted by Crippen LogP contribution is 2.22. The molecule has 0 aromatic carbocycles. The number of nitrogens with zero attached hydrogens (tertiary/aromatic N) is 1. The molecule has 0 atom stereocenters. The van der Waals surface area contributed by atoms with Crippen LogP contribution in [0.3, 0.4) is 0 Å². The van der Waals surface area contributed by atoms with Crippen LogP contribution in [0, 0.1) is 0 Å². The number of furan rings is 1. The van der Waals surface area contributed by atoms with E-state index >= 15 is 0 Å². The van der Waals surface area contributed by atoms with E-state index < -0.39 is 0 Å². The third-order valence-electron chi connectivity index (χ3n) is 2.17. The van der Waals surface area contributed by atoms with Gasteiger partial charge in [0.2, 0.25) is 0 Å². The van der Waals surface area contributed by atoms with Crippen LogP contribution in [0.4, 0.5) is 0 Å². The van der Waals surface area contributed by atoms with Crippen molar-refractivity contribution in [2.75, 3.05) is 5.88 Å². The van der Waals surface area contributed by atoms with Gasteiger partial charge in [-0.3, -0.25) is 4.98 Å². The second-order valence-corrected chi connectivity index (χ2v) is 3.84. The molecule has 0 saturated carbocycles. The van der Waals surface area contributed by atoms with Gasteiger partial charge in [0.25, 0.3) is 0 Å². The average Bonchev–Trinajstić information content (AvgIpc) is 2.78. The second kappa shape index (κ2) is 4.99. The number of rotatable bonds is 3. The third-order valence-corrected chi connectivity index (χ3v) is 2.59. The summed E-state index contributed by atoms with van der Waals surface area (Å²) in [6.07, 6.45) is 5.46. The minimum absolute atomic E-state index is 0.517. The maximum atomic E-state index is 5.71. The van der Waals surface area contributed by atoms with Gasteiger partial charge in [0, 0.05) is 23.8 Å². The first-order valence-electron chi connectivity index (χ1n) is 5.03. The first-order chi connectivity index (χ1) is 7.79. The number of halogens is 1. The Morgan fingerprint density at radius 2 is 2.31 bits per heavy atom. The van der Waals surface area contributed by atoms with Gasteiger partial charge in [-0.25, -0.2) is 0 Å². The van der Waals surface area contributed by atoms with E-state index in [9.17, 15) is 0 Å². The molecule has 82 valence electrons. The summed E-state index contributed by atoms with van der Waals surface area (Å²) >= 11 is 5.71. The lowest BCUT2D eigenvalue weighted by molar-refractivity contribution is 0.571. The molecule has 2 nitrogen and oxygen atoms in total. The predicted octanol–water partition coefficient (Wildman–Crippen LogP) is 3.98. The Morgan fingerprint density at radius 3 is 3.00 bits per heavy atom. The molecule has 0 spiro atoms. The van der Waals surface area contributed by atoms with Crippen molar-refractivity contribution in [1.29, 1.82) is 0 Å². The van der Waals surface area contributed by atoms with E-state index in [1.54, 1.807) is 12.4 Å². The number of allylic oxidation sites excluding steroid dienone is 1. The first-order valence-corrected chi connectivity index (χ1v) is 5.56. The van der Waals surface area contributed by atoms with Crippen molar-refractivity contribution in [3.05, 3.63) is 48.0 Å². The highest BCUT2D eigenvalue weighted by atomic mass is 35.5. The summed E-state index contributed by atoms with van der Waals surface area (Å²) in [4.78, 5) is 4.05. The minimum Gasteiger partial charge on any atom is -0.457 e. The zero-order chi connectivity index (χ0) is 11.4. The lowest BCUT2D eigenvalue weighted by atomic mass is 10.2. The summed E-state index contributed by atoms with van der Waals surface area (Å²) in [6.45, 7) is 1.97. The zero-order valence-corrected chi connectivity index (χ0v) is 9.74. The Bertz CT molecular complexity index is 488. The fourth-order valence-electron chi connectivity index (χ4n) is 1.38. The lowest BCUT2D eigenvalue weighted by Crippen LogP contribution is -1.76. The highest BCUT2D eigenvalue weighted by Gasteiger charge is 2.02. The number of aromatic nitrogens is 1. The molecule has 2 heterocycles. The van der Waals surface area contributed by atoms with Crippen LogP contribution in [0.1, 0.15) is 12.7 Å². The Hall–Kier alpha value is -1.54. The van der Waals surface area contributed by atoms with Gasteiger partial charge >= 0.3 is 0 Å². The standard InChI is InChI=1S/C13H12ClNO/c1-10(8-14)7-12-4-5-13(16-12)11-3-2-6-15-9-11/h2-7,9H,8H2,1H3. The van der Waals surface area contributed by atoms with Gasteiger partial charge in [0.1, 0.15) is 11.5 Å². The van der Waals surface area contributed by atoms with Gasteiger partial charge < -0.3 is 4.42 Å². The van der Waals surface area contributed by atoms with Gasteiger partial charge in [-0.15, -0.1) is 11.6 Å². The zero-order valence-electron chi connectivity index (χ0n) is 8.98. The number of alkyl halides is 1. The molecule has 0 aliphatic carbocycles. The summed E-state index contributed by atoms with van der Waals surface area (Å²) in [7, 11) is 0. The molecule has 3 heteroatoms. The number of hydrogen-bond donors (Lipinski definition) is 0. The molecule has 0 N–H and O–H groups in total. The summed E-state index contributed by atoms with van der Waals surface area (Å²) in [5, 5.41) is 0. The van der Waals surface area contributed by atoms with E-state index in [-0.39, 0.29) is 0 Å². The van der Waals surface area contributed by atoms with E-state index in [1.807, 2.05) is 37.3 Å². The van der Waals surface area contributed by atoms with Gasteiger partial charge in [-0.2, -0.15) is 0 Å².